The maximum atomic E-state index is 12.6. The van der Waals surface area contributed by atoms with Crippen molar-refractivity contribution in [2.45, 2.75) is 46.6 Å². The number of carbonyl (C=O) groups is 1. The lowest BCUT2D eigenvalue weighted by atomic mass is 10.0. The second kappa shape index (κ2) is 7.29. The zero-order chi connectivity index (χ0) is 14.4. The maximum absolute atomic E-state index is 12.6. The normalized spacial score (nSPS) is 10.8. The third-order valence-electron chi connectivity index (χ3n) is 3.74. The van der Waals surface area contributed by atoms with E-state index in [1.807, 2.05) is 32.0 Å². The number of aliphatic hydroxyl groups excluding tert-OH is 1. The summed E-state index contributed by atoms with van der Waals surface area (Å²) in [5.41, 5.74) is 3.02. The molecule has 1 amide bonds. The van der Waals surface area contributed by atoms with Crippen LogP contribution < -0.4 is 0 Å². The van der Waals surface area contributed by atoms with Crippen molar-refractivity contribution >= 4 is 5.91 Å². The van der Waals surface area contributed by atoms with Crippen LogP contribution in [0.2, 0.25) is 0 Å². The number of amides is 1. The number of hydrogen-bond acceptors (Lipinski definition) is 2. The highest BCUT2D eigenvalue weighted by Gasteiger charge is 2.21. The average Bonchev–Trinajstić information content (AvgIpc) is 2.41. The van der Waals surface area contributed by atoms with Crippen molar-refractivity contribution in [1.29, 1.82) is 0 Å². The van der Waals surface area contributed by atoms with E-state index < -0.39 is 0 Å². The summed E-state index contributed by atoms with van der Waals surface area (Å²) in [5, 5.41) is 9.18. The molecule has 0 heterocycles. The molecule has 0 aromatic heterocycles. The van der Waals surface area contributed by atoms with Gasteiger partial charge < -0.3 is 10.0 Å². The summed E-state index contributed by atoms with van der Waals surface area (Å²) in [6.07, 6.45) is 1.82. The minimum atomic E-state index is 0.00703. The minimum Gasteiger partial charge on any atom is -0.395 e. The van der Waals surface area contributed by atoms with Crippen molar-refractivity contribution in [3.8, 4) is 0 Å². The standard InChI is InChI=1S/C16H25NO2/c1-5-15(6-2)17(9-10-18)16(19)14-8-7-12(3)13(4)11-14/h7-8,11,15,18H,5-6,9-10H2,1-4H3. The maximum Gasteiger partial charge on any atom is 0.254 e. The van der Waals surface area contributed by atoms with Crippen molar-refractivity contribution < 1.29 is 9.90 Å². The number of carbonyl (C=O) groups excluding carboxylic acids is 1. The van der Waals surface area contributed by atoms with Gasteiger partial charge in [-0.3, -0.25) is 4.79 Å². The largest absolute Gasteiger partial charge is 0.395 e. The second-order valence-electron chi connectivity index (χ2n) is 4.99. The molecule has 106 valence electrons. The molecule has 3 heteroatoms. The predicted molar refractivity (Wildman–Crippen MR) is 78.4 cm³/mol. The summed E-state index contributed by atoms with van der Waals surface area (Å²) in [5.74, 6) is 0.0193. The van der Waals surface area contributed by atoms with Gasteiger partial charge in [0.1, 0.15) is 0 Å². The minimum absolute atomic E-state index is 0.00703. The first-order valence-electron chi connectivity index (χ1n) is 7.04. The first-order valence-corrected chi connectivity index (χ1v) is 7.04. The third-order valence-corrected chi connectivity index (χ3v) is 3.74. The highest BCUT2D eigenvalue weighted by Crippen LogP contribution is 2.16. The number of benzene rings is 1. The van der Waals surface area contributed by atoms with Gasteiger partial charge in [-0.25, -0.2) is 0 Å². The topological polar surface area (TPSA) is 40.5 Å². The Balaban J connectivity index is 3.01. The summed E-state index contributed by atoms with van der Waals surface area (Å²) in [6.45, 7) is 8.61. The highest BCUT2D eigenvalue weighted by molar-refractivity contribution is 5.94. The number of aryl methyl sites for hydroxylation is 2. The van der Waals surface area contributed by atoms with Crippen LogP contribution in [-0.4, -0.2) is 35.1 Å². The third kappa shape index (κ3) is 3.80. The fourth-order valence-electron chi connectivity index (χ4n) is 2.33. The average molecular weight is 263 g/mol. The first kappa shape index (κ1) is 15.7. The Kier molecular flexibility index (Phi) is 6.03. The number of nitrogens with zero attached hydrogens (tertiary/aromatic N) is 1. The molecule has 1 aromatic carbocycles. The van der Waals surface area contributed by atoms with Crippen LogP contribution in [-0.2, 0) is 0 Å². The van der Waals surface area contributed by atoms with Crippen LogP contribution in [0.15, 0.2) is 18.2 Å². The summed E-state index contributed by atoms with van der Waals surface area (Å²) < 4.78 is 0. The summed E-state index contributed by atoms with van der Waals surface area (Å²) in [6, 6.07) is 5.98. The number of aliphatic hydroxyl groups is 1. The lowest BCUT2D eigenvalue weighted by Gasteiger charge is -2.30. The smallest absolute Gasteiger partial charge is 0.254 e. The highest BCUT2D eigenvalue weighted by atomic mass is 16.3. The van der Waals surface area contributed by atoms with Crippen molar-refractivity contribution in [3.05, 3.63) is 34.9 Å². The van der Waals surface area contributed by atoms with Gasteiger partial charge in [0.05, 0.1) is 6.61 Å². The van der Waals surface area contributed by atoms with E-state index in [2.05, 4.69) is 13.8 Å². The van der Waals surface area contributed by atoms with Crippen LogP contribution in [0.4, 0.5) is 0 Å². The van der Waals surface area contributed by atoms with Gasteiger partial charge in [-0.15, -0.1) is 0 Å². The van der Waals surface area contributed by atoms with Gasteiger partial charge in [-0.05, 0) is 49.9 Å². The second-order valence-corrected chi connectivity index (χ2v) is 4.99. The molecular weight excluding hydrogens is 238 g/mol. The molecule has 0 fully saturated rings. The number of rotatable bonds is 6. The van der Waals surface area contributed by atoms with Crippen LogP contribution in [0.5, 0.6) is 0 Å². The van der Waals surface area contributed by atoms with Crippen LogP contribution >= 0.6 is 0 Å². The molecular formula is C16H25NO2. The molecule has 1 rings (SSSR count). The molecule has 0 aliphatic carbocycles. The van der Waals surface area contributed by atoms with Gasteiger partial charge in [-0.2, -0.15) is 0 Å². The summed E-state index contributed by atoms with van der Waals surface area (Å²) >= 11 is 0. The van der Waals surface area contributed by atoms with Crippen LogP contribution in [0.1, 0.15) is 48.2 Å². The molecule has 0 atom stereocenters. The molecule has 1 N–H and O–H groups in total. The van der Waals surface area contributed by atoms with Gasteiger partial charge in [0, 0.05) is 18.2 Å². The van der Waals surface area contributed by atoms with E-state index >= 15 is 0 Å². The molecule has 0 spiro atoms. The molecule has 3 nitrogen and oxygen atoms in total. The SMILES string of the molecule is CCC(CC)N(CCO)C(=O)c1ccc(C)c(C)c1. The van der Waals surface area contributed by atoms with Gasteiger partial charge in [-0.1, -0.05) is 19.9 Å². The fourth-order valence-corrected chi connectivity index (χ4v) is 2.33. The van der Waals surface area contributed by atoms with Crippen molar-refractivity contribution in [2.24, 2.45) is 0 Å². The predicted octanol–water partition coefficient (Wildman–Crippen LogP) is 2.93. The molecule has 0 saturated carbocycles. The van der Waals surface area contributed by atoms with Crippen LogP contribution in [0.25, 0.3) is 0 Å². The monoisotopic (exact) mass is 263 g/mol. The van der Waals surface area contributed by atoms with E-state index in [1.54, 1.807) is 4.90 Å². The van der Waals surface area contributed by atoms with Crippen molar-refractivity contribution in [3.63, 3.8) is 0 Å². The molecule has 19 heavy (non-hydrogen) atoms. The van der Waals surface area contributed by atoms with Crippen LogP contribution in [0.3, 0.4) is 0 Å². The molecule has 1 aromatic rings. The van der Waals surface area contributed by atoms with E-state index in [0.29, 0.717) is 12.1 Å². The Bertz CT molecular complexity index is 425. The van der Waals surface area contributed by atoms with Gasteiger partial charge in [0.15, 0.2) is 0 Å². The Hall–Kier alpha value is -1.35. The van der Waals surface area contributed by atoms with E-state index in [1.165, 1.54) is 5.56 Å². The Morgan fingerprint density at radius 3 is 2.32 bits per heavy atom. The molecule has 0 aliphatic heterocycles. The van der Waals surface area contributed by atoms with E-state index in [4.69, 9.17) is 0 Å². The molecule has 0 saturated heterocycles. The molecule has 0 bridgehead atoms. The van der Waals surface area contributed by atoms with Crippen LogP contribution in [0, 0.1) is 13.8 Å². The van der Waals surface area contributed by atoms with Gasteiger partial charge in [0.2, 0.25) is 0 Å². The zero-order valence-corrected chi connectivity index (χ0v) is 12.4. The summed E-state index contributed by atoms with van der Waals surface area (Å²) in [4.78, 5) is 14.4. The molecule has 0 radical (unpaired) electrons. The van der Waals surface area contributed by atoms with Gasteiger partial charge >= 0.3 is 0 Å². The lowest BCUT2D eigenvalue weighted by molar-refractivity contribution is 0.0622. The molecule has 0 aliphatic rings. The zero-order valence-electron chi connectivity index (χ0n) is 12.4. The van der Waals surface area contributed by atoms with Crippen molar-refractivity contribution in [1.82, 2.24) is 4.90 Å². The van der Waals surface area contributed by atoms with Gasteiger partial charge in [0.25, 0.3) is 5.91 Å². The first-order chi connectivity index (χ1) is 9.04. The van der Waals surface area contributed by atoms with E-state index in [0.717, 1.165) is 18.4 Å². The van der Waals surface area contributed by atoms with Crippen molar-refractivity contribution in [2.75, 3.05) is 13.2 Å². The Labute approximate surface area is 116 Å². The fraction of sp³-hybridized carbons (Fsp3) is 0.562. The van der Waals surface area contributed by atoms with E-state index in [9.17, 15) is 9.90 Å². The summed E-state index contributed by atoms with van der Waals surface area (Å²) in [7, 11) is 0. The lowest BCUT2D eigenvalue weighted by Crippen LogP contribution is -2.41. The quantitative estimate of drug-likeness (QED) is 0.857. The molecule has 0 unspecified atom stereocenters. The van der Waals surface area contributed by atoms with E-state index in [-0.39, 0.29) is 18.6 Å². The number of hydrogen-bond donors (Lipinski definition) is 1. The Morgan fingerprint density at radius 1 is 1.21 bits per heavy atom. The Morgan fingerprint density at radius 2 is 1.84 bits per heavy atom.